The molecule has 0 bridgehead atoms. The van der Waals surface area contributed by atoms with E-state index in [-0.39, 0.29) is 0 Å². The molecule has 2 aromatic rings. The van der Waals surface area contributed by atoms with E-state index in [1.165, 1.54) is 4.68 Å². The van der Waals surface area contributed by atoms with E-state index in [0.717, 1.165) is 5.69 Å². The van der Waals surface area contributed by atoms with E-state index >= 15 is 0 Å². The van der Waals surface area contributed by atoms with Gasteiger partial charge in [-0.2, -0.15) is 4.68 Å². The van der Waals surface area contributed by atoms with Gasteiger partial charge in [0.05, 0.1) is 5.69 Å². The van der Waals surface area contributed by atoms with Crippen molar-refractivity contribution in [1.82, 2.24) is 20.2 Å². The second kappa shape index (κ2) is 3.32. The summed E-state index contributed by atoms with van der Waals surface area (Å²) in [6.45, 7) is -0.415. The largest absolute Gasteiger partial charge is 0.228 e. The van der Waals surface area contributed by atoms with Crippen molar-refractivity contribution in [3.05, 3.63) is 36.2 Å². The molecule has 0 spiro atoms. The van der Waals surface area contributed by atoms with Crippen molar-refractivity contribution in [3.63, 3.8) is 0 Å². The summed E-state index contributed by atoms with van der Waals surface area (Å²) in [6, 6.07) is 9.31. The molecule has 1 aromatic carbocycles. The van der Waals surface area contributed by atoms with Crippen molar-refractivity contribution in [3.8, 4) is 5.69 Å². The first-order chi connectivity index (χ1) is 6.42. The van der Waals surface area contributed by atoms with Crippen molar-refractivity contribution in [2.45, 2.75) is 6.61 Å². The van der Waals surface area contributed by atoms with Gasteiger partial charge in [-0.3, -0.25) is 0 Å². The summed E-state index contributed by atoms with van der Waals surface area (Å²) >= 11 is 0. The number of hydrogen-bond acceptors (Lipinski definition) is 3. The number of nitrogens with zero attached hydrogens (tertiary/aromatic N) is 4. The fraction of sp³-hybridized carbons (Fsp3) is 0.125. The highest BCUT2D eigenvalue weighted by atomic mass is 16.3. The Morgan fingerprint density at radius 1 is 1.23 bits per heavy atom. The van der Waals surface area contributed by atoms with E-state index < -0.39 is 6.61 Å². The van der Waals surface area contributed by atoms with Crippen LogP contribution in [0.5, 0.6) is 0 Å². The van der Waals surface area contributed by atoms with Crippen LogP contribution in [-0.2, 0) is 11.7 Å². The van der Waals surface area contributed by atoms with Crippen molar-refractivity contribution >= 4 is 0 Å². The van der Waals surface area contributed by atoms with Gasteiger partial charge in [0.2, 0.25) is 0 Å². The van der Waals surface area contributed by atoms with Crippen molar-refractivity contribution in [1.29, 1.82) is 0 Å². The Hall–Kier alpha value is -1.75. The van der Waals surface area contributed by atoms with Crippen LogP contribution in [0, 0.1) is 0 Å². The highest BCUT2D eigenvalue weighted by Crippen LogP contribution is 2.06. The molecule has 0 aliphatic heterocycles. The van der Waals surface area contributed by atoms with Crippen LogP contribution in [0.1, 0.15) is 5.82 Å². The fourth-order valence-corrected chi connectivity index (χ4v) is 1.07. The van der Waals surface area contributed by atoms with Crippen LogP contribution in [0.25, 0.3) is 5.69 Å². The van der Waals surface area contributed by atoms with Crippen molar-refractivity contribution < 1.29 is 5.11 Å². The highest BCUT2D eigenvalue weighted by molar-refractivity contribution is 5.30. The van der Waals surface area contributed by atoms with E-state index in [1.54, 1.807) is 0 Å². The minimum absolute atomic E-state index is 0.325. The summed E-state index contributed by atoms with van der Waals surface area (Å²) in [4.78, 5) is 0. The molecular weight excluding hydrogens is 168 g/mol. The molecule has 65 valence electrons. The molecule has 0 atom stereocenters. The van der Waals surface area contributed by atoms with Crippen LogP contribution in [0.4, 0.5) is 0 Å². The van der Waals surface area contributed by atoms with Gasteiger partial charge in [-0.25, -0.2) is 5.11 Å². The van der Waals surface area contributed by atoms with Crippen LogP contribution < -0.4 is 0 Å². The third-order valence-corrected chi connectivity index (χ3v) is 1.66. The first-order valence-corrected chi connectivity index (χ1v) is 3.82. The summed E-state index contributed by atoms with van der Waals surface area (Å²) in [5, 5.41) is 21.4. The van der Waals surface area contributed by atoms with Crippen LogP contribution in [0.2, 0.25) is 0 Å². The van der Waals surface area contributed by atoms with E-state index in [1.807, 2.05) is 30.3 Å². The predicted molar refractivity (Wildman–Crippen MR) is 43.5 cm³/mol. The molecule has 0 aliphatic rings. The van der Waals surface area contributed by atoms with Gasteiger partial charge < -0.3 is 0 Å². The summed E-state index contributed by atoms with van der Waals surface area (Å²) < 4.78 is 1.44. The lowest BCUT2D eigenvalue weighted by Crippen LogP contribution is -2.01. The van der Waals surface area contributed by atoms with E-state index in [2.05, 4.69) is 15.5 Å². The zero-order valence-corrected chi connectivity index (χ0v) is 6.79. The topological polar surface area (TPSA) is 63.5 Å². The smallest absolute Gasteiger partial charge is 0.185 e. The van der Waals surface area contributed by atoms with Gasteiger partial charge in [0.1, 0.15) is 6.61 Å². The number of tetrazole rings is 1. The Kier molecular flexibility index (Phi) is 2.01. The predicted octanol–water partition coefficient (Wildman–Crippen LogP) is 0.593. The van der Waals surface area contributed by atoms with Gasteiger partial charge in [-0.1, -0.05) is 18.2 Å². The monoisotopic (exact) mass is 175 g/mol. The van der Waals surface area contributed by atoms with Gasteiger partial charge >= 0.3 is 0 Å². The molecule has 0 unspecified atom stereocenters. The van der Waals surface area contributed by atoms with Gasteiger partial charge in [-0.05, 0) is 22.6 Å². The highest BCUT2D eigenvalue weighted by Gasteiger charge is 2.05. The second-order valence-corrected chi connectivity index (χ2v) is 2.49. The molecule has 0 aliphatic carbocycles. The van der Waals surface area contributed by atoms with E-state index in [0.29, 0.717) is 5.82 Å². The van der Waals surface area contributed by atoms with Crippen LogP contribution >= 0.6 is 0 Å². The third kappa shape index (κ3) is 1.41. The standard InChI is InChI=1S/C8H7N4O/c13-6-8-9-10-11-12(8)7-4-2-1-3-5-7/h1-5H,6H2. The second-order valence-electron chi connectivity index (χ2n) is 2.49. The van der Waals surface area contributed by atoms with Gasteiger partial charge in [0, 0.05) is 0 Å². The molecule has 0 saturated carbocycles. The van der Waals surface area contributed by atoms with Gasteiger partial charge in [0.15, 0.2) is 5.82 Å². The molecule has 2 rings (SSSR count). The van der Waals surface area contributed by atoms with Gasteiger partial charge in [0.25, 0.3) is 0 Å². The summed E-state index contributed by atoms with van der Waals surface area (Å²) in [5.41, 5.74) is 0.804. The molecule has 13 heavy (non-hydrogen) atoms. The lowest BCUT2D eigenvalue weighted by molar-refractivity contribution is 0.167. The van der Waals surface area contributed by atoms with E-state index in [9.17, 15) is 5.11 Å². The Balaban J connectivity index is 2.47. The van der Waals surface area contributed by atoms with Crippen LogP contribution in [0.15, 0.2) is 30.3 Å². The number of para-hydroxylation sites is 1. The first kappa shape index (κ1) is 7.88. The Labute approximate surface area is 74.6 Å². The fourth-order valence-electron chi connectivity index (χ4n) is 1.07. The summed E-state index contributed by atoms with van der Waals surface area (Å²) in [5.74, 6) is 0.325. The van der Waals surface area contributed by atoms with E-state index in [4.69, 9.17) is 0 Å². The average Bonchev–Trinajstić information content (AvgIpc) is 2.67. The normalized spacial score (nSPS) is 10.2. The van der Waals surface area contributed by atoms with Crippen molar-refractivity contribution in [2.75, 3.05) is 0 Å². The molecule has 5 nitrogen and oxygen atoms in total. The SMILES string of the molecule is [O]Cc1nnnn1-c1ccccc1. The molecule has 0 amide bonds. The average molecular weight is 175 g/mol. The third-order valence-electron chi connectivity index (χ3n) is 1.66. The Morgan fingerprint density at radius 3 is 2.69 bits per heavy atom. The summed E-state index contributed by atoms with van der Waals surface area (Å²) in [7, 11) is 0. The Bertz CT molecular complexity index is 384. The molecule has 0 N–H and O–H groups in total. The molecule has 5 heteroatoms. The lowest BCUT2D eigenvalue weighted by atomic mass is 10.3. The minimum Gasteiger partial charge on any atom is -0.228 e. The zero-order valence-electron chi connectivity index (χ0n) is 6.79. The van der Waals surface area contributed by atoms with Crippen LogP contribution in [0.3, 0.4) is 0 Å². The maximum Gasteiger partial charge on any atom is 0.185 e. The first-order valence-electron chi connectivity index (χ1n) is 3.82. The molecule has 1 heterocycles. The zero-order chi connectivity index (χ0) is 9.10. The Morgan fingerprint density at radius 2 is 2.00 bits per heavy atom. The molecule has 1 radical (unpaired) electrons. The summed E-state index contributed by atoms with van der Waals surface area (Å²) in [6.07, 6.45) is 0. The molecule has 0 fully saturated rings. The van der Waals surface area contributed by atoms with Crippen molar-refractivity contribution in [2.24, 2.45) is 0 Å². The molecular formula is C8H7N4O. The number of benzene rings is 1. The number of aromatic nitrogens is 4. The number of rotatable bonds is 2. The maximum absolute atomic E-state index is 10.6. The van der Waals surface area contributed by atoms with Gasteiger partial charge in [-0.15, -0.1) is 5.10 Å². The lowest BCUT2D eigenvalue weighted by Gasteiger charge is -1.99. The molecule has 1 aromatic heterocycles. The molecule has 0 saturated heterocycles. The quantitative estimate of drug-likeness (QED) is 0.671. The minimum atomic E-state index is -0.415. The van der Waals surface area contributed by atoms with Crippen LogP contribution in [-0.4, -0.2) is 20.2 Å². The number of hydrogen-bond donors (Lipinski definition) is 0. The maximum atomic E-state index is 10.6.